The number of rotatable bonds is 7. The third-order valence-electron chi connectivity index (χ3n) is 4.16. The van der Waals surface area contributed by atoms with Gasteiger partial charge in [-0.1, -0.05) is 6.07 Å². The molecule has 0 aliphatic carbocycles. The predicted octanol–water partition coefficient (Wildman–Crippen LogP) is 0.459. The van der Waals surface area contributed by atoms with Gasteiger partial charge in [-0.15, -0.1) is 0 Å². The molecule has 2 aliphatic rings. The predicted molar refractivity (Wildman–Crippen MR) is 106 cm³/mol. The second kappa shape index (κ2) is 8.43. The Morgan fingerprint density at radius 3 is 2.76 bits per heavy atom. The summed E-state index contributed by atoms with van der Waals surface area (Å²) < 4.78 is 34.0. The van der Waals surface area contributed by atoms with E-state index in [4.69, 9.17) is 9.47 Å². The van der Waals surface area contributed by atoms with Crippen molar-refractivity contribution in [2.24, 2.45) is 0 Å². The molecule has 3 rings (SSSR count). The molecule has 29 heavy (non-hydrogen) atoms. The molecule has 12 heteroatoms. The van der Waals surface area contributed by atoms with Crippen LogP contribution in [-0.4, -0.2) is 74.4 Å². The summed E-state index contributed by atoms with van der Waals surface area (Å²) in [4.78, 5) is 37.7. The lowest BCUT2D eigenvalue weighted by Gasteiger charge is -2.15. The molecule has 2 aliphatic heterocycles. The smallest absolute Gasteiger partial charge is 0.293 e. The molecule has 1 aromatic carbocycles. The Bertz CT molecular complexity index is 991. The van der Waals surface area contributed by atoms with Crippen LogP contribution in [0, 0.1) is 0 Å². The van der Waals surface area contributed by atoms with Gasteiger partial charge in [0.25, 0.3) is 11.1 Å². The Balaban J connectivity index is 1.56. The number of amides is 3. The standard InChI is InChI=1S/C17H19N3O7S2/c1-19(29(2,24)25)9-15(21)18-5-6-20-16(22)14(28-17(20)23)8-11-3-4-12-13(7-11)27-10-26-12/h3-4,7-8H,5-6,9-10H2,1-2H3,(H,18,21)/b14-8+. The van der Waals surface area contributed by atoms with Crippen LogP contribution in [-0.2, 0) is 19.6 Å². The molecule has 156 valence electrons. The zero-order chi connectivity index (χ0) is 21.2. The first-order chi connectivity index (χ1) is 13.6. The van der Waals surface area contributed by atoms with Crippen molar-refractivity contribution in [3.63, 3.8) is 0 Å². The quantitative estimate of drug-likeness (QED) is 0.606. The van der Waals surface area contributed by atoms with Crippen LogP contribution in [0.1, 0.15) is 5.56 Å². The molecule has 1 saturated heterocycles. The van der Waals surface area contributed by atoms with E-state index >= 15 is 0 Å². The fourth-order valence-electron chi connectivity index (χ4n) is 2.53. The summed E-state index contributed by atoms with van der Waals surface area (Å²) >= 11 is 0.809. The van der Waals surface area contributed by atoms with E-state index in [1.807, 2.05) is 0 Å². The highest BCUT2D eigenvalue weighted by atomic mass is 32.2. The number of hydrogen-bond donors (Lipinski definition) is 1. The highest BCUT2D eigenvalue weighted by Gasteiger charge is 2.34. The number of ether oxygens (including phenoxy) is 2. The van der Waals surface area contributed by atoms with Gasteiger partial charge in [-0.3, -0.25) is 19.3 Å². The van der Waals surface area contributed by atoms with E-state index in [-0.39, 0.29) is 31.3 Å². The molecule has 0 radical (unpaired) electrons. The minimum atomic E-state index is -3.47. The Hall–Kier alpha value is -2.57. The summed E-state index contributed by atoms with van der Waals surface area (Å²) in [5.74, 6) is 0.202. The van der Waals surface area contributed by atoms with Gasteiger partial charge in [0.2, 0.25) is 22.7 Å². The van der Waals surface area contributed by atoms with Crippen LogP contribution in [0.5, 0.6) is 11.5 Å². The SMILES string of the molecule is CN(CC(=O)NCCN1C(=O)S/C(=C/c2ccc3c(c2)OCO3)C1=O)S(C)(=O)=O. The van der Waals surface area contributed by atoms with E-state index in [0.29, 0.717) is 17.1 Å². The maximum atomic E-state index is 12.5. The average Bonchev–Trinajstić information content (AvgIpc) is 3.20. The van der Waals surface area contributed by atoms with Gasteiger partial charge in [-0.2, -0.15) is 4.31 Å². The van der Waals surface area contributed by atoms with Crippen molar-refractivity contribution in [3.05, 3.63) is 28.7 Å². The minimum Gasteiger partial charge on any atom is -0.454 e. The van der Waals surface area contributed by atoms with E-state index in [0.717, 1.165) is 27.2 Å². The van der Waals surface area contributed by atoms with E-state index in [9.17, 15) is 22.8 Å². The Morgan fingerprint density at radius 1 is 1.31 bits per heavy atom. The number of imide groups is 1. The van der Waals surface area contributed by atoms with Crippen molar-refractivity contribution in [3.8, 4) is 11.5 Å². The molecule has 0 saturated carbocycles. The number of hydrogen-bond acceptors (Lipinski definition) is 8. The lowest BCUT2D eigenvalue weighted by molar-refractivity contribution is -0.124. The summed E-state index contributed by atoms with van der Waals surface area (Å²) in [5.41, 5.74) is 0.692. The molecule has 1 fully saturated rings. The van der Waals surface area contributed by atoms with Gasteiger partial charge in [-0.05, 0) is 35.5 Å². The zero-order valence-electron chi connectivity index (χ0n) is 15.7. The van der Waals surface area contributed by atoms with Crippen molar-refractivity contribution < 1.29 is 32.3 Å². The number of sulfonamides is 1. The van der Waals surface area contributed by atoms with Crippen LogP contribution in [0.2, 0.25) is 0 Å². The maximum absolute atomic E-state index is 12.5. The number of nitrogens with one attached hydrogen (secondary N) is 1. The topological polar surface area (TPSA) is 122 Å². The van der Waals surface area contributed by atoms with Gasteiger partial charge in [0, 0.05) is 20.1 Å². The summed E-state index contributed by atoms with van der Waals surface area (Å²) in [6.07, 6.45) is 2.58. The first kappa shape index (κ1) is 21.1. The number of carbonyl (C=O) groups excluding carboxylic acids is 3. The molecule has 0 aromatic heterocycles. The Labute approximate surface area is 171 Å². The Kier molecular flexibility index (Phi) is 6.15. The van der Waals surface area contributed by atoms with E-state index < -0.39 is 27.1 Å². The number of nitrogens with zero attached hydrogens (tertiary/aromatic N) is 2. The average molecular weight is 441 g/mol. The van der Waals surface area contributed by atoms with Crippen molar-refractivity contribution in [2.45, 2.75) is 0 Å². The lowest BCUT2D eigenvalue weighted by atomic mass is 10.2. The van der Waals surface area contributed by atoms with E-state index in [1.54, 1.807) is 24.3 Å². The van der Waals surface area contributed by atoms with Crippen molar-refractivity contribution in [1.29, 1.82) is 0 Å². The first-order valence-corrected chi connectivity index (χ1v) is 11.1. The lowest BCUT2D eigenvalue weighted by Crippen LogP contribution is -2.41. The monoisotopic (exact) mass is 441 g/mol. The number of benzene rings is 1. The summed E-state index contributed by atoms with van der Waals surface area (Å²) in [5, 5.41) is 2.06. The number of fused-ring (bicyclic) bond motifs is 1. The van der Waals surface area contributed by atoms with Crippen molar-refractivity contribution in [2.75, 3.05) is 39.7 Å². The molecule has 0 unspecified atom stereocenters. The van der Waals surface area contributed by atoms with Gasteiger partial charge >= 0.3 is 0 Å². The highest BCUT2D eigenvalue weighted by molar-refractivity contribution is 8.18. The van der Waals surface area contributed by atoms with Gasteiger partial charge in [-0.25, -0.2) is 8.42 Å². The van der Waals surface area contributed by atoms with Crippen LogP contribution < -0.4 is 14.8 Å². The number of carbonyl (C=O) groups is 3. The van der Waals surface area contributed by atoms with Gasteiger partial charge in [0.05, 0.1) is 17.7 Å². The van der Waals surface area contributed by atoms with Crippen molar-refractivity contribution in [1.82, 2.24) is 14.5 Å². The van der Waals surface area contributed by atoms with Crippen LogP contribution in [0.25, 0.3) is 6.08 Å². The summed E-state index contributed by atoms with van der Waals surface area (Å²) in [7, 11) is -2.19. The third kappa shape index (κ3) is 5.08. The van der Waals surface area contributed by atoms with Crippen LogP contribution in [0.15, 0.2) is 23.1 Å². The van der Waals surface area contributed by atoms with E-state index in [2.05, 4.69) is 5.32 Å². The second-order valence-corrected chi connectivity index (χ2v) is 9.40. The largest absolute Gasteiger partial charge is 0.454 e. The highest BCUT2D eigenvalue weighted by Crippen LogP contribution is 2.36. The molecule has 1 N–H and O–H groups in total. The molecular formula is C17H19N3O7S2. The van der Waals surface area contributed by atoms with Gasteiger partial charge < -0.3 is 14.8 Å². The molecule has 0 bridgehead atoms. The molecule has 10 nitrogen and oxygen atoms in total. The van der Waals surface area contributed by atoms with Crippen LogP contribution in [0.3, 0.4) is 0 Å². The number of likely N-dealkylation sites (N-methyl/N-ethyl adjacent to an activating group) is 1. The van der Waals surface area contributed by atoms with Crippen LogP contribution >= 0.6 is 11.8 Å². The van der Waals surface area contributed by atoms with E-state index in [1.165, 1.54) is 7.05 Å². The Morgan fingerprint density at radius 2 is 2.03 bits per heavy atom. The molecule has 3 amide bonds. The normalized spacial score (nSPS) is 17.5. The molecule has 0 atom stereocenters. The fraction of sp³-hybridized carbons (Fsp3) is 0.353. The maximum Gasteiger partial charge on any atom is 0.293 e. The zero-order valence-corrected chi connectivity index (χ0v) is 17.3. The first-order valence-electron chi connectivity index (χ1n) is 8.48. The summed E-state index contributed by atoms with van der Waals surface area (Å²) in [6.45, 7) is -0.199. The van der Waals surface area contributed by atoms with Crippen molar-refractivity contribution >= 4 is 44.9 Å². The van der Waals surface area contributed by atoms with Gasteiger partial charge in [0.1, 0.15) is 0 Å². The molecule has 0 spiro atoms. The summed E-state index contributed by atoms with van der Waals surface area (Å²) in [6, 6.07) is 5.19. The second-order valence-electron chi connectivity index (χ2n) is 6.32. The van der Waals surface area contributed by atoms with Gasteiger partial charge in [0.15, 0.2) is 11.5 Å². The fourth-order valence-corrected chi connectivity index (χ4v) is 3.75. The number of thioether (sulfide) groups is 1. The third-order valence-corrected chi connectivity index (χ3v) is 6.33. The van der Waals surface area contributed by atoms with Crippen LogP contribution in [0.4, 0.5) is 4.79 Å². The molecular weight excluding hydrogens is 422 g/mol. The minimum absolute atomic E-state index is 0.0164. The molecule has 1 aromatic rings. The molecule has 2 heterocycles.